The van der Waals surface area contributed by atoms with Crippen molar-refractivity contribution in [2.75, 3.05) is 26.2 Å². The first-order chi connectivity index (χ1) is 9.93. The molecule has 0 aromatic rings. The lowest BCUT2D eigenvalue weighted by Crippen LogP contribution is -2.56. The Hall–Kier alpha value is 1.00. The predicted molar refractivity (Wildman–Crippen MR) is 113 cm³/mol. The fourth-order valence-corrected chi connectivity index (χ4v) is 4.27. The SMILES string of the molecule is C1CC[C@@H]2NCCN[C@H]2C1.C1CC[C@H]2NCCN[C@@H]2C1.Cl.Cl.Cl.Cl. The molecule has 2 aliphatic carbocycles. The van der Waals surface area contributed by atoms with Crippen molar-refractivity contribution >= 4 is 49.6 Å². The minimum absolute atomic E-state index is 0. The van der Waals surface area contributed by atoms with Crippen LogP contribution in [-0.4, -0.2) is 50.3 Å². The Kier molecular flexibility index (Phi) is 17.1. The van der Waals surface area contributed by atoms with E-state index in [4.69, 9.17) is 0 Å². The fourth-order valence-electron chi connectivity index (χ4n) is 4.27. The van der Waals surface area contributed by atoms with Gasteiger partial charge in [0.1, 0.15) is 0 Å². The molecule has 0 amide bonds. The summed E-state index contributed by atoms with van der Waals surface area (Å²) in [6.07, 6.45) is 11.3. The highest BCUT2D eigenvalue weighted by molar-refractivity contribution is 5.86. The quantitative estimate of drug-likeness (QED) is 0.481. The Labute approximate surface area is 172 Å². The number of rotatable bonds is 0. The maximum absolute atomic E-state index is 3.56. The Morgan fingerprint density at radius 2 is 0.583 bits per heavy atom. The summed E-state index contributed by atoms with van der Waals surface area (Å²) >= 11 is 0. The summed E-state index contributed by atoms with van der Waals surface area (Å²) in [6.45, 7) is 4.67. The largest absolute Gasteiger partial charge is 0.311 e. The molecule has 2 saturated carbocycles. The van der Waals surface area contributed by atoms with Gasteiger partial charge in [0.25, 0.3) is 0 Å². The number of piperazine rings is 2. The van der Waals surface area contributed by atoms with Gasteiger partial charge in [0.15, 0.2) is 0 Å². The summed E-state index contributed by atoms with van der Waals surface area (Å²) in [4.78, 5) is 0. The molecule has 4 rings (SSSR count). The molecule has 2 saturated heterocycles. The number of nitrogens with one attached hydrogen (secondary N) is 4. The summed E-state index contributed by atoms with van der Waals surface area (Å²) in [6, 6.07) is 3.18. The van der Waals surface area contributed by atoms with E-state index < -0.39 is 0 Å². The number of hydrogen-bond donors (Lipinski definition) is 4. The summed E-state index contributed by atoms with van der Waals surface area (Å²) < 4.78 is 0. The van der Waals surface area contributed by atoms with Crippen LogP contribution in [0.5, 0.6) is 0 Å². The fraction of sp³-hybridized carbons (Fsp3) is 1.00. The average molecular weight is 426 g/mol. The van der Waals surface area contributed by atoms with Gasteiger partial charge in [-0.05, 0) is 25.7 Å². The standard InChI is InChI=1S/2C8H16N2.4ClH/c2*1-2-4-8-7(3-1)9-5-6-10-8;;;;/h2*7-10H,1-6H2;4*1H/t2*7-,8-;;;;/m10..../s1. The van der Waals surface area contributed by atoms with Crippen molar-refractivity contribution in [1.82, 2.24) is 21.3 Å². The van der Waals surface area contributed by atoms with Gasteiger partial charge >= 0.3 is 0 Å². The molecule has 0 spiro atoms. The molecule has 4 N–H and O–H groups in total. The molecule has 148 valence electrons. The zero-order chi connectivity index (χ0) is 13.6. The molecule has 2 aliphatic heterocycles. The van der Waals surface area contributed by atoms with E-state index in [9.17, 15) is 0 Å². The van der Waals surface area contributed by atoms with Crippen LogP contribution in [0.4, 0.5) is 0 Å². The molecule has 4 atom stereocenters. The second-order valence-corrected chi connectivity index (χ2v) is 6.81. The molecule has 4 aliphatic rings. The van der Waals surface area contributed by atoms with Crippen LogP contribution in [0.3, 0.4) is 0 Å². The molecular weight excluding hydrogens is 390 g/mol. The molecule has 0 radical (unpaired) electrons. The van der Waals surface area contributed by atoms with Crippen LogP contribution in [0.2, 0.25) is 0 Å². The average Bonchev–Trinajstić information content (AvgIpc) is 2.56. The van der Waals surface area contributed by atoms with Gasteiger partial charge in [0, 0.05) is 50.3 Å². The van der Waals surface area contributed by atoms with Crippen molar-refractivity contribution in [2.24, 2.45) is 0 Å². The number of fused-ring (bicyclic) bond motifs is 2. The van der Waals surface area contributed by atoms with Gasteiger partial charge in [-0.25, -0.2) is 0 Å². The van der Waals surface area contributed by atoms with E-state index in [1.54, 1.807) is 0 Å². The van der Waals surface area contributed by atoms with Crippen LogP contribution in [0, 0.1) is 0 Å². The Morgan fingerprint density at radius 3 is 0.792 bits per heavy atom. The summed E-state index contributed by atoms with van der Waals surface area (Å²) in [5.74, 6) is 0. The third-order valence-electron chi connectivity index (χ3n) is 5.41. The zero-order valence-corrected chi connectivity index (χ0v) is 17.7. The summed E-state index contributed by atoms with van der Waals surface area (Å²) in [7, 11) is 0. The molecule has 24 heavy (non-hydrogen) atoms. The molecule has 0 aromatic heterocycles. The number of hydrogen-bond acceptors (Lipinski definition) is 4. The molecular formula is C16H36Cl4N4. The van der Waals surface area contributed by atoms with Crippen molar-refractivity contribution in [3.63, 3.8) is 0 Å². The molecule has 0 unspecified atom stereocenters. The van der Waals surface area contributed by atoms with Gasteiger partial charge in [0.2, 0.25) is 0 Å². The van der Waals surface area contributed by atoms with Gasteiger partial charge in [-0.15, -0.1) is 49.6 Å². The molecule has 4 fully saturated rings. The highest BCUT2D eigenvalue weighted by Crippen LogP contribution is 2.20. The summed E-state index contributed by atoms with van der Waals surface area (Å²) in [5, 5.41) is 14.2. The Bertz CT molecular complexity index is 219. The van der Waals surface area contributed by atoms with E-state index in [2.05, 4.69) is 21.3 Å². The minimum atomic E-state index is 0. The van der Waals surface area contributed by atoms with E-state index in [0.717, 1.165) is 24.2 Å². The van der Waals surface area contributed by atoms with E-state index in [-0.39, 0.29) is 49.6 Å². The summed E-state index contributed by atoms with van der Waals surface area (Å²) in [5.41, 5.74) is 0. The maximum Gasteiger partial charge on any atom is 0.0221 e. The highest BCUT2D eigenvalue weighted by Gasteiger charge is 2.27. The van der Waals surface area contributed by atoms with Crippen molar-refractivity contribution < 1.29 is 0 Å². The molecule has 2 heterocycles. The predicted octanol–water partition coefficient (Wildman–Crippen LogP) is 2.67. The lowest BCUT2D eigenvalue weighted by atomic mass is 9.89. The first kappa shape index (κ1) is 27.2. The second-order valence-electron chi connectivity index (χ2n) is 6.81. The second kappa shape index (κ2) is 15.1. The van der Waals surface area contributed by atoms with E-state index in [1.807, 2.05) is 0 Å². The van der Waals surface area contributed by atoms with Crippen LogP contribution >= 0.6 is 49.6 Å². The Morgan fingerprint density at radius 1 is 0.375 bits per heavy atom. The van der Waals surface area contributed by atoms with Crippen LogP contribution in [0.25, 0.3) is 0 Å². The lowest BCUT2D eigenvalue weighted by Gasteiger charge is -2.37. The molecule has 8 heteroatoms. The van der Waals surface area contributed by atoms with Gasteiger partial charge < -0.3 is 21.3 Å². The topological polar surface area (TPSA) is 48.1 Å². The van der Waals surface area contributed by atoms with Crippen LogP contribution in [0.15, 0.2) is 0 Å². The van der Waals surface area contributed by atoms with Crippen LogP contribution in [0.1, 0.15) is 51.4 Å². The van der Waals surface area contributed by atoms with Gasteiger partial charge in [-0.2, -0.15) is 0 Å². The first-order valence-electron chi connectivity index (χ1n) is 8.87. The maximum atomic E-state index is 3.56. The van der Waals surface area contributed by atoms with E-state index in [0.29, 0.717) is 0 Å². The molecule has 0 bridgehead atoms. The van der Waals surface area contributed by atoms with Gasteiger partial charge in [0.05, 0.1) is 0 Å². The minimum Gasteiger partial charge on any atom is -0.311 e. The molecule has 0 aromatic carbocycles. The highest BCUT2D eigenvalue weighted by atomic mass is 35.5. The lowest BCUT2D eigenvalue weighted by molar-refractivity contribution is 0.251. The third-order valence-corrected chi connectivity index (χ3v) is 5.41. The van der Waals surface area contributed by atoms with Crippen molar-refractivity contribution in [3.05, 3.63) is 0 Å². The van der Waals surface area contributed by atoms with Crippen molar-refractivity contribution in [3.8, 4) is 0 Å². The van der Waals surface area contributed by atoms with E-state index >= 15 is 0 Å². The van der Waals surface area contributed by atoms with Crippen LogP contribution < -0.4 is 21.3 Å². The molecule has 4 nitrogen and oxygen atoms in total. The van der Waals surface area contributed by atoms with Gasteiger partial charge in [-0.3, -0.25) is 0 Å². The van der Waals surface area contributed by atoms with Gasteiger partial charge in [-0.1, -0.05) is 25.7 Å². The normalized spacial score (nSPS) is 34.0. The third kappa shape index (κ3) is 8.13. The van der Waals surface area contributed by atoms with E-state index in [1.165, 1.54) is 77.5 Å². The number of halogens is 4. The smallest absolute Gasteiger partial charge is 0.0221 e. The first-order valence-corrected chi connectivity index (χ1v) is 8.87. The zero-order valence-electron chi connectivity index (χ0n) is 14.4. The van der Waals surface area contributed by atoms with Crippen LogP contribution in [-0.2, 0) is 0 Å². The Balaban J connectivity index is 0. The monoisotopic (exact) mass is 424 g/mol. The van der Waals surface area contributed by atoms with Crippen molar-refractivity contribution in [2.45, 2.75) is 75.5 Å². The van der Waals surface area contributed by atoms with Crippen molar-refractivity contribution in [1.29, 1.82) is 0 Å².